The summed E-state index contributed by atoms with van der Waals surface area (Å²) in [5, 5.41) is 0. The van der Waals surface area contributed by atoms with Gasteiger partial charge in [0.15, 0.2) is 11.6 Å². The Labute approximate surface area is 176 Å². The number of halogens is 2. The third-order valence-corrected chi connectivity index (χ3v) is 7.59. The number of hydrogen-bond donors (Lipinski definition) is 0. The summed E-state index contributed by atoms with van der Waals surface area (Å²) in [7, 11) is -1.98. The number of rotatable bonds is 5. The van der Waals surface area contributed by atoms with Crippen molar-refractivity contribution in [1.29, 1.82) is 0 Å². The molecular formula is C22H26F2N2O3S. The Morgan fingerprint density at radius 1 is 1.03 bits per heavy atom. The molecule has 0 unspecified atom stereocenters. The standard InChI is InChI=1S/C22H26F2N2O3S/c1-15-4-6-19(12-16(15)2)30(28,29)26-10-8-18(9-11-26)22(27)25(3)14-17-5-7-20(23)21(24)13-17/h4-7,12-13,18H,8-11,14H2,1-3H3. The van der Waals surface area contributed by atoms with Crippen LogP contribution in [0.2, 0.25) is 0 Å². The van der Waals surface area contributed by atoms with Gasteiger partial charge in [0.25, 0.3) is 0 Å². The number of sulfonamides is 1. The number of carbonyl (C=O) groups is 1. The van der Waals surface area contributed by atoms with Crippen molar-refractivity contribution in [3.8, 4) is 0 Å². The van der Waals surface area contributed by atoms with Gasteiger partial charge in [0, 0.05) is 32.6 Å². The maximum atomic E-state index is 13.4. The van der Waals surface area contributed by atoms with Crippen LogP contribution in [0.5, 0.6) is 0 Å². The van der Waals surface area contributed by atoms with Crippen molar-refractivity contribution in [3.63, 3.8) is 0 Å². The fraction of sp³-hybridized carbons (Fsp3) is 0.409. The first kappa shape index (κ1) is 22.4. The average molecular weight is 437 g/mol. The molecule has 2 aromatic rings. The molecule has 1 saturated heterocycles. The Kier molecular flexibility index (Phi) is 6.57. The van der Waals surface area contributed by atoms with Crippen molar-refractivity contribution in [2.75, 3.05) is 20.1 Å². The molecule has 0 spiro atoms. The van der Waals surface area contributed by atoms with Gasteiger partial charge in [0.05, 0.1) is 4.90 Å². The second-order valence-corrected chi connectivity index (χ2v) is 9.81. The van der Waals surface area contributed by atoms with E-state index in [9.17, 15) is 22.0 Å². The van der Waals surface area contributed by atoms with Gasteiger partial charge in [-0.3, -0.25) is 4.79 Å². The Balaban J connectivity index is 1.61. The molecule has 1 fully saturated rings. The molecule has 1 amide bonds. The number of piperidine rings is 1. The van der Waals surface area contributed by atoms with E-state index < -0.39 is 21.7 Å². The van der Waals surface area contributed by atoms with Crippen LogP contribution in [0.3, 0.4) is 0 Å². The van der Waals surface area contributed by atoms with Crippen molar-refractivity contribution in [3.05, 3.63) is 64.7 Å². The zero-order chi connectivity index (χ0) is 22.1. The minimum atomic E-state index is -3.60. The van der Waals surface area contributed by atoms with E-state index in [-0.39, 0.29) is 36.4 Å². The molecule has 3 rings (SSSR count). The van der Waals surface area contributed by atoms with Gasteiger partial charge in [-0.05, 0) is 67.6 Å². The molecule has 30 heavy (non-hydrogen) atoms. The summed E-state index contributed by atoms with van der Waals surface area (Å²) in [6.45, 7) is 4.51. The molecule has 0 radical (unpaired) electrons. The molecule has 162 valence electrons. The van der Waals surface area contributed by atoms with Gasteiger partial charge in [-0.15, -0.1) is 0 Å². The van der Waals surface area contributed by atoms with E-state index in [1.165, 1.54) is 15.3 Å². The van der Waals surface area contributed by atoms with Gasteiger partial charge in [0.1, 0.15) is 0 Å². The fourth-order valence-corrected chi connectivity index (χ4v) is 5.22. The Morgan fingerprint density at radius 2 is 1.70 bits per heavy atom. The van der Waals surface area contributed by atoms with E-state index in [0.717, 1.165) is 23.3 Å². The van der Waals surface area contributed by atoms with Gasteiger partial charge >= 0.3 is 0 Å². The lowest BCUT2D eigenvalue weighted by Crippen LogP contribution is -2.43. The number of nitrogens with zero attached hydrogens (tertiary/aromatic N) is 2. The number of carbonyl (C=O) groups excluding carboxylic acids is 1. The third-order valence-electron chi connectivity index (χ3n) is 5.70. The number of benzene rings is 2. The summed E-state index contributed by atoms with van der Waals surface area (Å²) in [6.07, 6.45) is 0.843. The van der Waals surface area contributed by atoms with E-state index in [4.69, 9.17) is 0 Å². The molecule has 0 N–H and O–H groups in total. The number of amides is 1. The highest BCUT2D eigenvalue weighted by atomic mass is 32.2. The lowest BCUT2D eigenvalue weighted by molar-refractivity contribution is -0.135. The first-order valence-electron chi connectivity index (χ1n) is 9.86. The first-order valence-corrected chi connectivity index (χ1v) is 11.3. The summed E-state index contributed by atoms with van der Waals surface area (Å²) in [6, 6.07) is 8.66. The van der Waals surface area contributed by atoms with Crippen molar-refractivity contribution in [2.24, 2.45) is 5.92 Å². The Hall–Kier alpha value is -2.32. The first-order chi connectivity index (χ1) is 14.1. The van der Waals surface area contributed by atoms with Crippen molar-refractivity contribution in [1.82, 2.24) is 9.21 Å². The van der Waals surface area contributed by atoms with Crippen LogP contribution in [0, 0.1) is 31.4 Å². The van der Waals surface area contributed by atoms with Crippen LogP contribution in [0.4, 0.5) is 8.78 Å². The molecule has 1 aliphatic rings. The van der Waals surface area contributed by atoms with Gasteiger partial charge in [-0.25, -0.2) is 17.2 Å². The third kappa shape index (κ3) is 4.70. The summed E-state index contributed by atoms with van der Waals surface area (Å²) in [5.41, 5.74) is 2.45. The van der Waals surface area contributed by atoms with Crippen LogP contribution < -0.4 is 0 Å². The quantitative estimate of drug-likeness (QED) is 0.719. The zero-order valence-electron chi connectivity index (χ0n) is 17.4. The average Bonchev–Trinajstić information content (AvgIpc) is 2.72. The van der Waals surface area contributed by atoms with Gasteiger partial charge < -0.3 is 4.90 Å². The Morgan fingerprint density at radius 3 is 2.30 bits per heavy atom. The molecule has 2 aromatic carbocycles. The molecule has 5 nitrogen and oxygen atoms in total. The zero-order valence-corrected chi connectivity index (χ0v) is 18.2. The van der Waals surface area contributed by atoms with Crippen LogP contribution in [0.15, 0.2) is 41.3 Å². The minimum absolute atomic E-state index is 0.122. The van der Waals surface area contributed by atoms with Crippen LogP contribution >= 0.6 is 0 Å². The summed E-state index contributed by atoms with van der Waals surface area (Å²) >= 11 is 0. The predicted molar refractivity (Wildman–Crippen MR) is 110 cm³/mol. The Bertz CT molecular complexity index is 1050. The van der Waals surface area contributed by atoms with Crippen molar-refractivity contribution in [2.45, 2.75) is 38.1 Å². The molecule has 0 aromatic heterocycles. The topological polar surface area (TPSA) is 57.7 Å². The molecule has 1 aliphatic heterocycles. The van der Waals surface area contributed by atoms with Crippen molar-refractivity contribution < 1.29 is 22.0 Å². The fourth-order valence-electron chi connectivity index (χ4n) is 3.67. The minimum Gasteiger partial charge on any atom is -0.341 e. The number of aryl methyl sites for hydroxylation is 2. The molecule has 0 saturated carbocycles. The van der Waals surface area contributed by atoms with E-state index in [1.807, 2.05) is 13.8 Å². The maximum absolute atomic E-state index is 13.4. The van der Waals surface area contributed by atoms with Gasteiger partial charge in [0.2, 0.25) is 15.9 Å². The normalized spacial score (nSPS) is 15.9. The monoisotopic (exact) mass is 436 g/mol. The van der Waals surface area contributed by atoms with Gasteiger partial charge in [-0.2, -0.15) is 4.31 Å². The summed E-state index contributed by atoms with van der Waals surface area (Å²) < 4.78 is 53.7. The lowest BCUT2D eigenvalue weighted by atomic mass is 9.96. The number of hydrogen-bond acceptors (Lipinski definition) is 3. The van der Waals surface area contributed by atoms with Gasteiger partial charge in [-0.1, -0.05) is 12.1 Å². The van der Waals surface area contributed by atoms with Crippen LogP contribution in [0.1, 0.15) is 29.5 Å². The van der Waals surface area contributed by atoms with Crippen molar-refractivity contribution >= 4 is 15.9 Å². The smallest absolute Gasteiger partial charge is 0.243 e. The SMILES string of the molecule is Cc1ccc(S(=O)(=O)N2CCC(C(=O)N(C)Cc3ccc(F)c(F)c3)CC2)cc1C. The molecule has 0 bridgehead atoms. The molecule has 0 aliphatic carbocycles. The highest BCUT2D eigenvalue weighted by Crippen LogP contribution is 2.26. The molecule has 8 heteroatoms. The summed E-state index contributed by atoms with van der Waals surface area (Å²) in [4.78, 5) is 14.5. The van der Waals surface area contributed by atoms with Crippen LogP contribution in [-0.2, 0) is 21.4 Å². The molecule has 0 atom stereocenters. The second kappa shape index (κ2) is 8.81. The largest absolute Gasteiger partial charge is 0.341 e. The highest BCUT2D eigenvalue weighted by Gasteiger charge is 2.33. The van der Waals surface area contributed by atoms with E-state index in [1.54, 1.807) is 25.2 Å². The van der Waals surface area contributed by atoms with Crippen LogP contribution in [0.25, 0.3) is 0 Å². The lowest BCUT2D eigenvalue weighted by Gasteiger charge is -2.32. The second-order valence-electron chi connectivity index (χ2n) is 7.87. The predicted octanol–water partition coefficient (Wildman–Crippen LogP) is 3.64. The van der Waals surface area contributed by atoms with Crippen LogP contribution in [-0.4, -0.2) is 43.7 Å². The maximum Gasteiger partial charge on any atom is 0.243 e. The van der Waals surface area contributed by atoms with E-state index in [0.29, 0.717) is 18.4 Å². The van der Waals surface area contributed by atoms with E-state index >= 15 is 0 Å². The molecule has 1 heterocycles. The van der Waals surface area contributed by atoms with E-state index in [2.05, 4.69) is 0 Å². The molecular weight excluding hydrogens is 410 g/mol. The summed E-state index contributed by atoms with van der Waals surface area (Å²) in [5.74, 6) is -2.29. The highest BCUT2D eigenvalue weighted by molar-refractivity contribution is 7.89.